The highest BCUT2D eigenvalue weighted by Gasteiger charge is 2.44. The summed E-state index contributed by atoms with van der Waals surface area (Å²) in [7, 11) is 4.75. The molecule has 2 aliphatic rings. The maximum absolute atomic E-state index is 6.35. The number of quaternary nitrogens is 1. The first-order valence-electron chi connectivity index (χ1n) is 7.95. The molecule has 0 amide bonds. The van der Waals surface area contributed by atoms with E-state index < -0.39 is 0 Å². The minimum atomic E-state index is 0.499. The average molecular weight is 331 g/mol. The molecule has 2 aromatic carbocycles. The van der Waals surface area contributed by atoms with Gasteiger partial charge in [0.2, 0.25) is 0 Å². The number of hydrogen-bond acceptors (Lipinski definition) is 1. The normalized spacial score (nSPS) is 25.6. The van der Waals surface area contributed by atoms with Crippen molar-refractivity contribution >= 4 is 23.4 Å². The maximum Gasteiger partial charge on any atom is 0.122 e. The number of rotatable bonds is 0. The molecule has 0 aromatic heterocycles. The highest BCUT2D eigenvalue weighted by atomic mass is 35.5. The van der Waals surface area contributed by atoms with Crippen LogP contribution in [0.25, 0.3) is 0 Å². The Morgan fingerprint density at radius 1 is 1.05 bits per heavy atom. The van der Waals surface area contributed by atoms with Crippen molar-refractivity contribution in [1.82, 2.24) is 0 Å². The predicted octanol–water partition coefficient (Wildman–Crippen LogP) is 5.50. The van der Waals surface area contributed by atoms with Crippen LogP contribution in [0.15, 0.2) is 52.3 Å². The zero-order valence-corrected chi connectivity index (χ0v) is 14.6. The van der Waals surface area contributed by atoms with Gasteiger partial charge < -0.3 is 4.48 Å². The number of hydrogen-bond donors (Lipinski definition) is 0. The van der Waals surface area contributed by atoms with E-state index in [0.717, 1.165) is 9.51 Å². The molecule has 22 heavy (non-hydrogen) atoms. The van der Waals surface area contributed by atoms with Gasteiger partial charge in [-0.15, -0.1) is 0 Å². The van der Waals surface area contributed by atoms with Crippen LogP contribution in [-0.4, -0.2) is 25.1 Å². The lowest BCUT2D eigenvalue weighted by molar-refractivity contribution is -0.928. The Hall–Kier alpha value is -0.960. The third-order valence-corrected chi connectivity index (χ3v) is 6.63. The van der Waals surface area contributed by atoms with E-state index >= 15 is 0 Å². The van der Waals surface area contributed by atoms with Gasteiger partial charge >= 0.3 is 0 Å². The highest BCUT2D eigenvalue weighted by Crippen LogP contribution is 2.53. The molecule has 2 aliphatic heterocycles. The Kier molecular flexibility index (Phi) is 3.52. The van der Waals surface area contributed by atoms with Crippen molar-refractivity contribution < 1.29 is 4.48 Å². The molecule has 0 aliphatic carbocycles. The second kappa shape index (κ2) is 5.30. The van der Waals surface area contributed by atoms with Gasteiger partial charge in [-0.05, 0) is 42.7 Å². The van der Waals surface area contributed by atoms with Crippen LogP contribution in [0, 0.1) is 0 Å². The third kappa shape index (κ3) is 2.29. The summed E-state index contributed by atoms with van der Waals surface area (Å²) < 4.78 is 1.05. The van der Waals surface area contributed by atoms with E-state index in [1.807, 2.05) is 17.8 Å². The second-order valence-electron chi connectivity index (χ2n) is 7.02. The van der Waals surface area contributed by atoms with Crippen molar-refractivity contribution in [2.75, 3.05) is 20.6 Å². The van der Waals surface area contributed by atoms with Crippen LogP contribution in [-0.2, 0) is 0 Å². The minimum Gasteiger partial charge on any atom is -0.322 e. The molecular weight excluding hydrogens is 310 g/mol. The Balaban J connectivity index is 1.98. The third-order valence-electron chi connectivity index (χ3n) is 5.21. The van der Waals surface area contributed by atoms with Gasteiger partial charge in [0, 0.05) is 26.3 Å². The van der Waals surface area contributed by atoms with Crippen LogP contribution in [0.2, 0.25) is 5.02 Å². The van der Waals surface area contributed by atoms with Crippen LogP contribution in [0.3, 0.4) is 0 Å². The van der Waals surface area contributed by atoms with E-state index in [1.54, 1.807) is 0 Å². The monoisotopic (exact) mass is 330 g/mol. The number of likely N-dealkylation sites (N-methyl/N-ethyl adjacent to an activating group) is 1. The van der Waals surface area contributed by atoms with Crippen LogP contribution >= 0.6 is 23.4 Å². The largest absolute Gasteiger partial charge is 0.322 e. The molecule has 1 saturated heterocycles. The van der Waals surface area contributed by atoms with Gasteiger partial charge in [0.15, 0.2) is 0 Å². The lowest BCUT2D eigenvalue weighted by atomic mass is 9.79. The van der Waals surface area contributed by atoms with E-state index in [0.29, 0.717) is 12.0 Å². The topological polar surface area (TPSA) is 0 Å². The Morgan fingerprint density at radius 3 is 2.68 bits per heavy atom. The number of fused-ring (bicyclic) bond motifs is 5. The van der Waals surface area contributed by atoms with Gasteiger partial charge in [-0.2, -0.15) is 0 Å². The van der Waals surface area contributed by atoms with Crippen molar-refractivity contribution in [1.29, 1.82) is 0 Å². The summed E-state index contributed by atoms with van der Waals surface area (Å²) in [6.45, 7) is 1.24. The molecule has 2 aromatic rings. The lowest BCUT2D eigenvalue weighted by Gasteiger charge is -2.46. The summed E-state index contributed by atoms with van der Waals surface area (Å²) in [4.78, 5) is 2.79. The van der Waals surface area contributed by atoms with Gasteiger partial charge in [0.05, 0.1) is 20.6 Å². The average Bonchev–Trinajstić information content (AvgIpc) is 2.62. The fraction of sp³-hybridized carbons (Fsp3) is 0.368. The molecular formula is C19H21ClNS+. The van der Waals surface area contributed by atoms with E-state index in [4.69, 9.17) is 11.6 Å². The first-order chi connectivity index (χ1) is 10.6. The Bertz CT molecular complexity index is 725. The van der Waals surface area contributed by atoms with Gasteiger partial charge in [0.1, 0.15) is 6.04 Å². The molecule has 2 heterocycles. The molecule has 0 bridgehead atoms. The number of piperidine rings is 1. The summed E-state index contributed by atoms with van der Waals surface area (Å²) in [5.41, 5.74) is 2.96. The Labute approximate surface area is 141 Å². The zero-order valence-electron chi connectivity index (χ0n) is 13.1. The molecule has 0 N–H and O–H groups in total. The number of nitrogens with zero attached hydrogens (tertiary/aromatic N) is 1. The van der Waals surface area contributed by atoms with Gasteiger partial charge in [-0.1, -0.05) is 41.6 Å². The second-order valence-corrected chi connectivity index (χ2v) is 8.54. The molecule has 114 valence electrons. The fourth-order valence-corrected chi connectivity index (χ4v) is 5.60. The van der Waals surface area contributed by atoms with E-state index in [2.05, 4.69) is 50.5 Å². The summed E-state index contributed by atoms with van der Waals surface area (Å²) in [6, 6.07) is 15.9. The van der Waals surface area contributed by atoms with Gasteiger partial charge in [-0.3, -0.25) is 0 Å². The van der Waals surface area contributed by atoms with Crippen LogP contribution in [0.5, 0.6) is 0 Å². The molecule has 0 spiro atoms. The first-order valence-corrected chi connectivity index (χ1v) is 9.14. The van der Waals surface area contributed by atoms with Crippen LogP contribution in [0.1, 0.15) is 35.9 Å². The summed E-state index contributed by atoms with van der Waals surface area (Å²) >= 11 is 8.26. The molecule has 3 heteroatoms. The molecule has 1 nitrogen and oxygen atoms in total. The molecule has 0 unspecified atom stereocenters. The Morgan fingerprint density at radius 2 is 1.82 bits per heavy atom. The molecule has 1 fully saturated rings. The standard InChI is InChI=1S/C19H21ClNS/c1-21(2)11-5-7-15-14-6-3-4-8-17(14)22-18-10-9-13(20)12-16(18)19(15)21/h3-4,6,8-10,12,15,19H,5,7,11H2,1-2H3/q+1/t15-,19-/m0/s1. The van der Waals surface area contributed by atoms with Crippen LogP contribution in [0.4, 0.5) is 0 Å². The van der Waals surface area contributed by atoms with Crippen molar-refractivity contribution in [2.45, 2.75) is 34.6 Å². The van der Waals surface area contributed by atoms with E-state index in [1.165, 1.54) is 40.3 Å². The summed E-state index contributed by atoms with van der Waals surface area (Å²) in [5, 5.41) is 0.856. The van der Waals surface area contributed by atoms with Crippen LogP contribution < -0.4 is 0 Å². The van der Waals surface area contributed by atoms with Crippen molar-refractivity contribution in [3.05, 3.63) is 58.6 Å². The SMILES string of the molecule is C[N+]1(C)CCC[C@H]2c3ccccc3Sc3ccc(Cl)cc3[C@H]21. The predicted molar refractivity (Wildman–Crippen MR) is 93.7 cm³/mol. The smallest absolute Gasteiger partial charge is 0.122 e. The molecule has 0 radical (unpaired) electrons. The van der Waals surface area contributed by atoms with Crippen molar-refractivity contribution in [3.63, 3.8) is 0 Å². The summed E-state index contributed by atoms with van der Waals surface area (Å²) in [5.74, 6) is 0.590. The van der Waals surface area contributed by atoms with Crippen molar-refractivity contribution in [2.24, 2.45) is 0 Å². The maximum atomic E-state index is 6.35. The minimum absolute atomic E-state index is 0.499. The zero-order chi connectivity index (χ0) is 15.3. The van der Waals surface area contributed by atoms with Gasteiger partial charge in [-0.25, -0.2) is 0 Å². The van der Waals surface area contributed by atoms with E-state index in [-0.39, 0.29) is 0 Å². The van der Waals surface area contributed by atoms with E-state index in [9.17, 15) is 0 Å². The molecule has 0 saturated carbocycles. The summed E-state index contributed by atoms with van der Waals surface area (Å²) in [6.07, 6.45) is 2.57. The number of halogens is 1. The number of benzene rings is 2. The molecule has 4 rings (SSSR count). The van der Waals surface area contributed by atoms with Crippen molar-refractivity contribution in [3.8, 4) is 0 Å². The molecule has 2 atom stereocenters. The quantitative estimate of drug-likeness (QED) is 0.575. The first kappa shape index (κ1) is 14.6. The fourth-order valence-electron chi connectivity index (χ4n) is 4.26. The lowest BCUT2D eigenvalue weighted by Crippen LogP contribution is -2.49. The van der Waals surface area contributed by atoms with Gasteiger partial charge in [0.25, 0.3) is 0 Å². The number of likely N-dealkylation sites (tertiary alicyclic amines) is 1. The highest BCUT2D eigenvalue weighted by molar-refractivity contribution is 7.99.